The van der Waals surface area contributed by atoms with E-state index in [1.807, 2.05) is 19.1 Å². The van der Waals surface area contributed by atoms with Crippen molar-refractivity contribution in [1.29, 1.82) is 0 Å². The van der Waals surface area contributed by atoms with Crippen LogP contribution in [0.4, 0.5) is 0 Å². The van der Waals surface area contributed by atoms with E-state index in [-0.39, 0.29) is 12.1 Å². The van der Waals surface area contributed by atoms with Crippen LogP contribution in [0.15, 0.2) is 22.8 Å². The molecule has 0 aliphatic carbocycles. The summed E-state index contributed by atoms with van der Waals surface area (Å²) in [4.78, 5) is 10.7. The number of carboxylic acids is 1. The lowest BCUT2D eigenvalue weighted by atomic mass is 10.2. The number of ether oxygens (including phenoxy) is 1. The molecule has 3 atom stereocenters. The molecule has 94 valence electrons. The van der Waals surface area contributed by atoms with Gasteiger partial charge in [-0.2, -0.15) is 0 Å². The molecule has 2 unspecified atom stereocenters. The number of aliphatic carboxylic acids is 1. The van der Waals surface area contributed by atoms with Gasteiger partial charge in [0.25, 0.3) is 0 Å². The maximum Gasteiger partial charge on any atom is 0.332 e. The van der Waals surface area contributed by atoms with Crippen molar-refractivity contribution in [3.63, 3.8) is 0 Å². The van der Waals surface area contributed by atoms with Crippen LogP contribution in [0.5, 0.6) is 0 Å². The SMILES string of the molecule is C[C@H](NCC1CCC(C(=O)O)O1)c1ccco1. The Hall–Kier alpha value is -1.33. The highest BCUT2D eigenvalue weighted by molar-refractivity contribution is 5.72. The largest absolute Gasteiger partial charge is 0.479 e. The first kappa shape index (κ1) is 12.1. The maximum absolute atomic E-state index is 10.7. The lowest BCUT2D eigenvalue weighted by Gasteiger charge is -2.15. The average molecular weight is 239 g/mol. The molecule has 2 rings (SSSR count). The summed E-state index contributed by atoms with van der Waals surface area (Å²) < 4.78 is 10.7. The zero-order valence-corrected chi connectivity index (χ0v) is 9.76. The van der Waals surface area contributed by atoms with Crippen LogP contribution in [0, 0.1) is 0 Å². The Kier molecular flexibility index (Phi) is 3.81. The van der Waals surface area contributed by atoms with Crippen LogP contribution in [-0.4, -0.2) is 29.8 Å². The summed E-state index contributed by atoms with van der Waals surface area (Å²) in [6, 6.07) is 3.87. The van der Waals surface area contributed by atoms with Gasteiger partial charge >= 0.3 is 5.97 Å². The Balaban J connectivity index is 1.74. The number of carboxylic acid groups (broad SMARTS) is 1. The van der Waals surface area contributed by atoms with Gasteiger partial charge in [-0.25, -0.2) is 4.79 Å². The number of hydrogen-bond acceptors (Lipinski definition) is 4. The van der Waals surface area contributed by atoms with Crippen LogP contribution >= 0.6 is 0 Å². The molecule has 1 saturated heterocycles. The fourth-order valence-electron chi connectivity index (χ4n) is 1.98. The number of carbonyl (C=O) groups is 1. The fraction of sp³-hybridized carbons (Fsp3) is 0.583. The first-order chi connectivity index (χ1) is 8.16. The first-order valence-electron chi connectivity index (χ1n) is 5.82. The second-order valence-corrected chi connectivity index (χ2v) is 4.31. The van der Waals surface area contributed by atoms with E-state index in [9.17, 15) is 4.79 Å². The highest BCUT2D eigenvalue weighted by atomic mass is 16.5. The van der Waals surface area contributed by atoms with Gasteiger partial charge in [0.15, 0.2) is 6.10 Å². The van der Waals surface area contributed by atoms with Gasteiger partial charge in [0.05, 0.1) is 18.4 Å². The number of rotatable bonds is 5. The molecule has 0 aromatic carbocycles. The van der Waals surface area contributed by atoms with Gasteiger partial charge in [-0.05, 0) is 31.9 Å². The minimum Gasteiger partial charge on any atom is -0.479 e. The van der Waals surface area contributed by atoms with Crippen molar-refractivity contribution < 1.29 is 19.1 Å². The van der Waals surface area contributed by atoms with Crippen LogP contribution in [0.2, 0.25) is 0 Å². The zero-order chi connectivity index (χ0) is 12.3. The van der Waals surface area contributed by atoms with Gasteiger partial charge in [-0.3, -0.25) is 0 Å². The summed E-state index contributed by atoms with van der Waals surface area (Å²) in [6.07, 6.45) is 2.36. The molecule has 2 N–H and O–H groups in total. The predicted octanol–water partition coefficient (Wildman–Crippen LogP) is 1.56. The van der Waals surface area contributed by atoms with Crippen molar-refractivity contribution in [1.82, 2.24) is 5.32 Å². The molecule has 17 heavy (non-hydrogen) atoms. The molecule has 1 aromatic rings. The molecule has 1 aromatic heterocycles. The van der Waals surface area contributed by atoms with Crippen molar-refractivity contribution >= 4 is 5.97 Å². The maximum atomic E-state index is 10.7. The van der Waals surface area contributed by atoms with Crippen LogP contribution in [0.25, 0.3) is 0 Å². The highest BCUT2D eigenvalue weighted by Gasteiger charge is 2.30. The van der Waals surface area contributed by atoms with E-state index in [1.54, 1.807) is 6.26 Å². The van der Waals surface area contributed by atoms with E-state index >= 15 is 0 Å². The van der Waals surface area contributed by atoms with Crippen molar-refractivity contribution in [3.8, 4) is 0 Å². The normalized spacial score (nSPS) is 25.9. The lowest BCUT2D eigenvalue weighted by molar-refractivity contribution is -0.149. The minimum atomic E-state index is -0.869. The standard InChI is InChI=1S/C12H17NO4/c1-8(10-3-2-6-16-10)13-7-9-4-5-11(17-9)12(14)15/h2-3,6,8-9,11,13H,4-5,7H2,1H3,(H,14,15)/t8-,9?,11?/m0/s1. The molecule has 0 radical (unpaired) electrons. The fourth-order valence-corrected chi connectivity index (χ4v) is 1.98. The van der Waals surface area contributed by atoms with Gasteiger partial charge in [0.2, 0.25) is 0 Å². The number of nitrogens with one attached hydrogen (secondary N) is 1. The van der Waals surface area contributed by atoms with E-state index in [1.165, 1.54) is 0 Å². The molecule has 5 nitrogen and oxygen atoms in total. The summed E-state index contributed by atoms with van der Waals surface area (Å²) in [6.45, 7) is 2.65. The van der Waals surface area contributed by atoms with Crippen molar-refractivity contribution in [2.75, 3.05) is 6.54 Å². The molecule has 5 heteroatoms. The van der Waals surface area contributed by atoms with Crippen molar-refractivity contribution in [2.24, 2.45) is 0 Å². The lowest BCUT2D eigenvalue weighted by Crippen LogP contribution is -2.30. The van der Waals surface area contributed by atoms with Gasteiger partial charge in [-0.1, -0.05) is 0 Å². The molecule has 1 aliphatic heterocycles. The molecule has 2 heterocycles. The van der Waals surface area contributed by atoms with E-state index in [2.05, 4.69) is 5.32 Å². The average Bonchev–Trinajstić information content (AvgIpc) is 2.97. The molecule has 1 fully saturated rings. The van der Waals surface area contributed by atoms with E-state index < -0.39 is 12.1 Å². The van der Waals surface area contributed by atoms with Crippen molar-refractivity contribution in [2.45, 2.75) is 38.0 Å². The molecule has 1 aliphatic rings. The monoisotopic (exact) mass is 239 g/mol. The van der Waals surface area contributed by atoms with Crippen LogP contribution < -0.4 is 5.32 Å². The number of furan rings is 1. The van der Waals surface area contributed by atoms with Crippen LogP contribution in [0.1, 0.15) is 31.6 Å². The summed E-state index contributed by atoms with van der Waals surface area (Å²) in [5, 5.41) is 12.1. The molecule has 0 bridgehead atoms. The summed E-state index contributed by atoms with van der Waals surface area (Å²) >= 11 is 0. The Morgan fingerprint density at radius 2 is 2.47 bits per heavy atom. The third-order valence-electron chi connectivity index (χ3n) is 3.00. The predicted molar refractivity (Wildman–Crippen MR) is 60.7 cm³/mol. The molecular formula is C12H17NO4. The van der Waals surface area contributed by atoms with Crippen molar-refractivity contribution in [3.05, 3.63) is 24.2 Å². The van der Waals surface area contributed by atoms with Crippen LogP contribution in [-0.2, 0) is 9.53 Å². The first-order valence-corrected chi connectivity index (χ1v) is 5.82. The minimum absolute atomic E-state index is 0.0199. The molecule has 0 amide bonds. The summed E-state index contributed by atoms with van der Waals surface area (Å²) in [5.41, 5.74) is 0. The van der Waals surface area contributed by atoms with Crippen LogP contribution in [0.3, 0.4) is 0 Å². The Morgan fingerprint density at radius 3 is 3.06 bits per heavy atom. The Labute approximate surface area is 99.8 Å². The van der Waals surface area contributed by atoms with Gasteiger partial charge in [-0.15, -0.1) is 0 Å². The highest BCUT2D eigenvalue weighted by Crippen LogP contribution is 2.20. The number of hydrogen-bond donors (Lipinski definition) is 2. The molecule has 0 saturated carbocycles. The van der Waals surface area contributed by atoms with E-state index in [0.717, 1.165) is 12.2 Å². The second-order valence-electron chi connectivity index (χ2n) is 4.31. The summed E-state index contributed by atoms with van der Waals surface area (Å²) in [7, 11) is 0. The summed E-state index contributed by atoms with van der Waals surface area (Å²) in [5.74, 6) is 0.00404. The Morgan fingerprint density at radius 1 is 1.65 bits per heavy atom. The topological polar surface area (TPSA) is 71.7 Å². The van der Waals surface area contributed by atoms with E-state index in [4.69, 9.17) is 14.3 Å². The smallest absolute Gasteiger partial charge is 0.332 e. The zero-order valence-electron chi connectivity index (χ0n) is 9.76. The molecule has 0 spiro atoms. The molecular weight excluding hydrogens is 222 g/mol. The second kappa shape index (κ2) is 5.33. The van der Waals surface area contributed by atoms with Gasteiger partial charge in [0.1, 0.15) is 5.76 Å². The Bertz CT molecular complexity index is 363. The van der Waals surface area contributed by atoms with E-state index in [0.29, 0.717) is 13.0 Å². The van der Waals surface area contributed by atoms with Gasteiger partial charge in [0, 0.05) is 6.54 Å². The quantitative estimate of drug-likeness (QED) is 0.816. The van der Waals surface area contributed by atoms with Gasteiger partial charge < -0.3 is 19.6 Å². The third-order valence-corrected chi connectivity index (χ3v) is 3.00. The third kappa shape index (κ3) is 3.08.